The van der Waals surface area contributed by atoms with Gasteiger partial charge in [0, 0.05) is 12.7 Å². The number of thiophene rings is 1. The summed E-state index contributed by atoms with van der Waals surface area (Å²) in [7, 11) is -3.63. The summed E-state index contributed by atoms with van der Waals surface area (Å²) in [5.74, 6) is 0.693. The molecule has 0 spiro atoms. The predicted octanol–water partition coefficient (Wildman–Crippen LogP) is 4.00. The van der Waals surface area contributed by atoms with Crippen LogP contribution >= 0.6 is 11.3 Å². The SMILES string of the molecule is CCOc1ccc(S(=O)(=O)NCc2cccnc2-c2cccs2)cc1C. The minimum atomic E-state index is -3.63. The van der Waals surface area contributed by atoms with Crippen molar-refractivity contribution in [3.63, 3.8) is 0 Å². The van der Waals surface area contributed by atoms with Gasteiger partial charge in [-0.1, -0.05) is 12.1 Å². The maximum Gasteiger partial charge on any atom is 0.240 e. The molecule has 136 valence electrons. The van der Waals surface area contributed by atoms with Crippen molar-refractivity contribution >= 4 is 21.4 Å². The van der Waals surface area contributed by atoms with Crippen molar-refractivity contribution in [3.8, 4) is 16.3 Å². The van der Waals surface area contributed by atoms with Crippen LogP contribution in [-0.2, 0) is 16.6 Å². The van der Waals surface area contributed by atoms with Crippen LogP contribution < -0.4 is 9.46 Å². The van der Waals surface area contributed by atoms with E-state index in [4.69, 9.17) is 4.74 Å². The summed E-state index contributed by atoms with van der Waals surface area (Å²) in [6.07, 6.45) is 1.71. The largest absolute Gasteiger partial charge is 0.494 e. The average molecular weight is 389 g/mol. The van der Waals surface area contributed by atoms with Gasteiger partial charge in [0.05, 0.1) is 22.1 Å². The predicted molar refractivity (Wildman–Crippen MR) is 104 cm³/mol. The van der Waals surface area contributed by atoms with Crippen molar-refractivity contribution in [2.75, 3.05) is 6.61 Å². The molecule has 7 heteroatoms. The van der Waals surface area contributed by atoms with Crippen molar-refractivity contribution in [1.29, 1.82) is 0 Å². The zero-order valence-corrected chi connectivity index (χ0v) is 16.2. The van der Waals surface area contributed by atoms with E-state index in [1.54, 1.807) is 35.7 Å². The normalized spacial score (nSPS) is 11.5. The van der Waals surface area contributed by atoms with Crippen molar-refractivity contribution in [2.45, 2.75) is 25.3 Å². The number of aromatic nitrogens is 1. The van der Waals surface area contributed by atoms with E-state index in [1.165, 1.54) is 0 Å². The van der Waals surface area contributed by atoms with Crippen LogP contribution in [-0.4, -0.2) is 20.0 Å². The number of hydrogen-bond acceptors (Lipinski definition) is 5. The number of aryl methyl sites for hydroxylation is 1. The maximum absolute atomic E-state index is 12.7. The van der Waals surface area contributed by atoms with Gasteiger partial charge in [0.1, 0.15) is 5.75 Å². The molecule has 3 rings (SSSR count). The lowest BCUT2D eigenvalue weighted by molar-refractivity contribution is 0.337. The highest BCUT2D eigenvalue weighted by Gasteiger charge is 2.17. The summed E-state index contributed by atoms with van der Waals surface area (Å²) < 4.78 is 33.4. The van der Waals surface area contributed by atoms with Gasteiger partial charge in [0.25, 0.3) is 0 Å². The van der Waals surface area contributed by atoms with E-state index in [0.717, 1.165) is 21.7 Å². The molecule has 2 aromatic heterocycles. The van der Waals surface area contributed by atoms with Gasteiger partial charge in [-0.05, 0) is 60.7 Å². The molecule has 0 amide bonds. The van der Waals surface area contributed by atoms with Crippen LogP contribution in [0.3, 0.4) is 0 Å². The Balaban J connectivity index is 1.81. The molecule has 0 atom stereocenters. The molecule has 0 aliphatic heterocycles. The van der Waals surface area contributed by atoms with Gasteiger partial charge >= 0.3 is 0 Å². The van der Waals surface area contributed by atoms with Crippen LogP contribution in [0.5, 0.6) is 5.75 Å². The molecule has 1 N–H and O–H groups in total. The third-order valence-electron chi connectivity index (χ3n) is 3.86. The summed E-state index contributed by atoms with van der Waals surface area (Å²) in [6.45, 7) is 4.44. The Morgan fingerprint density at radius 3 is 2.73 bits per heavy atom. The monoisotopic (exact) mass is 388 g/mol. The van der Waals surface area contributed by atoms with Crippen molar-refractivity contribution in [3.05, 3.63) is 65.2 Å². The molecular weight excluding hydrogens is 368 g/mol. The number of rotatable bonds is 7. The van der Waals surface area contributed by atoms with E-state index in [1.807, 2.05) is 43.5 Å². The van der Waals surface area contributed by atoms with Crippen LogP contribution in [0.1, 0.15) is 18.1 Å². The van der Waals surface area contributed by atoms with E-state index in [2.05, 4.69) is 9.71 Å². The van der Waals surface area contributed by atoms with Crippen LogP contribution in [0.15, 0.2) is 58.9 Å². The third-order valence-corrected chi connectivity index (χ3v) is 6.13. The quantitative estimate of drug-likeness (QED) is 0.664. The summed E-state index contributed by atoms with van der Waals surface area (Å²) in [5, 5.41) is 1.97. The molecule has 26 heavy (non-hydrogen) atoms. The van der Waals surface area contributed by atoms with Gasteiger partial charge in [0.15, 0.2) is 0 Å². The first-order valence-corrected chi connectivity index (χ1v) is 10.6. The minimum absolute atomic E-state index is 0.176. The topological polar surface area (TPSA) is 68.3 Å². The van der Waals surface area contributed by atoms with Crippen LogP contribution in [0.25, 0.3) is 10.6 Å². The van der Waals surface area contributed by atoms with Crippen molar-refractivity contribution in [2.24, 2.45) is 0 Å². The lowest BCUT2D eigenvalue weighted by Gasteiger charge is -2.12. The highest BCUT2D eigenvalue weighted by atomic mass is 32.2. The lowest BCUT2D eigenvalue weighted by atomic mass is 10.2. The Hall–Kier alpha value is -2.22. The molecule has 5 nitrogen and oxygen atoms in total. The second-order valence-corrected chi connectivity index (χ2v) is 8.39. The number of ether oxygens (including phenoxy) is 1. The molecular formula is C19H20N2O3S2. The molecule has 0 aliphatic rings. The second-order valence-electron chi connectivity index (χ2n) is 5.67. The number of pyridine rings is 1. The highest BCUT2D eigenvalue weighted by Crippen LogP contribution is 2.26. The van der Waals surface area contributed by atoms with Crippen LogP contribution in [0.4, 0.5) is 0 Å². The molecule has 3 aromatic rings. The Bertz CT molecular complexity index is 984. The fraction of sp³-hybridized carbons (Fsp3) is 0.211. The Labute approximate surface area is 157 Å². The lowest BCUT2D eigenvalue weighted by Crippen LogP contribution is -2.23. The Morgan fingerprint density at radius 2 is 2.04 bits per heavy atom. The van der Waals surface area contributed by atoms with Crippen molar-refractivity contribution < 1.29 is 13.2 Å². The minimum Gasteiger partial charge on any atom is -0.494 e. The molecule has 0 bridgehead atoms. The maximum atomic E-state index is 12.7. The van der Waals surface area contributed by atoms with E-state index in [-0.39, 0.29) is 11.4 Å². The number of benzene rings is 1. The number of nitrogens with one attached hydrogen (secondary N) is 1. The molecule has 0 aliphatic carbocycles. The second kappa shape index (κ2) is 7.99. The molecule has 0 saturated carbocycles. The van der Waals surface area contributed by atoms with Gasteiger partial charge in [0.2, 0.25) is 10.0 Å². The molecule has 2 heterocycles. The van der Waals surface area contributed by atoms with E-state index in [9.17, 15) is 8.42 Å². The molecule has 0 saturated heterocycles. The zero-order chi connectivity index (χ0) is 18.6. The Kier molecular flexibility index (Phi) is 5.70. The summed E-state index contributed by atoms with van der Waals surface area (Å²) in [6, 6.07) is 12.5. The number of nitrogens with zero attached hydrogens (tertiary/aromatic N) is 1. The smallest absolute Gasteiger partial charge is 0.240 e. The molecule has 1 aromatic carbocycles. The summed E-state index contributed by atoms with van der Waals surface area (Å²) in [4.78, 5) is 5.63. The number of hydrogen-bond donors (Lipinski definition) is 1. The van der Waals surface area contributed by atoms with Gasteiger partial charge in [-0.15, -0.1) is 11.3 Å². The van der Waals surface area contributed by atoms with Gasteiger partial charge in [-0.25, -0.2) is 13.1 Å². The third kappa shape index (κ3) is 4.12. The average Bonchev–Trinajstić information content (AvgIpc) is 3.16. The first-order valence-electron chi connectivity index (χ1n) is 8.22. The first-order chi connectivity index (χ1) is 12.5. The standard InChI is InChI=1S/C19H20N2O3S2/c1-3-24-17-9-8-16(12-14(17)2)26(22,23)21-13-15-6-4-10-20-19(15)18-7-5-11-25-18/h4-12,21H,3,13H2,1-2H3. The summed E-state index contributed by atoms with van der Waals surface area (Å²) in [5.41, 5.74) is 2.42. The van der Waals surface area contributed by atoms with E-state index in [0.29, 0.717) is 12.4 Å². The fourth-order valence-corrected chi connectivity index (χ4v) is 4.43. The highest BCUT2D eigenvalue weighted by molar-refractivity contribution is 7.89. The van der Waals surface area contributed by atoms with Crippen LogP contribution in [0, 0.1) is 6.92 Å². The molecule has 0 unspecified atom stereocenters. The first kappa shape index (κ1) is 18.6. The molecule has 0 fully saturated rings. The molecule has 0 radical (unpaired) electrons. The van der Waals surface area contributed by atoms with Gasteiger partial charge in [-0.3, -0.25) is 4.98 Å². The number of sulfonamides is 1. The zero-order valence-electron chi connectivity index (χ0n) is 14.6. The van der Waals surface area contributed by atoms with Crippen LogP contribution in [0.2, 0.25) is 0 Å². The van der Waals surface area contributed by atoms with E-state index >= 15 is 0 Å². The van der Waals surface area contributed by atoms with Crippen molar-refractivity contribution in [1.82, 2.24) is 9.71 Å². The van der Waals surface area contributed by atoms with Gasteiger partial charge < -0.3 is 4.74 Å². The van der Waals surface area contributed by atoms with Gasteiger partial charge in [-0.2, -0.15) is 0 Å². The Morgan fingerprint density at radius 1 is 1.19 bits per heavy atom. The van der Waals surface area contributed by atoms with E-state index < -0.39 is 10.0 Å². The fourth-order valence-electron chi connectivity index (χ4n) is 2.58. The summed E-state index contributed by atoms with van der Waals surface area (Å²) >= 11 is 1.57.